The minimum absolute atomic E-state index is 0. The molecule has 0 aliphatic rings. The Labute approximate surface area is 126 Å². The maximum Gasteiger partial charge on any atom is 1.00 e. The monoisotopic (exact) mass is 461 g/mol. The second-order valence-corrected chi connectivity index (χ2v) is 2.97. The van der Waals surface area contributed by atoms with Gasteiger partial charge in [-0.25, -0.2) is 0 Å². The van der Waals surface area contributed by atoms with Gasteiger partial charge in [-0.15, -0.1) is 0 Å². The maximum absolute atomic E-state index is 4.22. The van der Waals surface area contributed by atoms with E-state index in [0.717, 1.165) is 0 Å². The Morgan fingerprint density at radius 3 is 1.36 bits per heavy atom. The zero-order chi connectivity index (χ0) is 8.85. The van der Waals surface area contributed by atoms with Gasteiger partial charge >= 0.3 is 39.0 Å². The third-order valence-corrected chi connectivity index (χ3v) is 0.947. The van der Waals surface area contributed by atoms with E-state index in [1.165, 1.54) is 0 Å². The number of guanidine groups is 1. The molecule has 0 saturated carbocycles. The summed E-state index contributed by atoms with van der Waals surface area (Å²) in [5, 5.41) is 8.44. The van der Waals surface area contributed by atoms with Crippen LogP contribution in [0.4, 0.5) is 0 Å². The first kappa shape index (κ1) is 24.4. The second kappa shape index (κ2) is 14.1. The van der Waals surface area contributed by atoms with Crippen LogP contribution in [0.2, 0.25) is 0 Å². The fourth-order valence-corrected chi connectivity index (χ4v) is 0.611. The van der Waals surface area contributed by atoms with Crippen molar-refractivity contribution in [2.45, 2.75) is 39.8 Å². The van der Waals surface area contributed by atoms with Crippen LogP contribution in [-0.4, -0.2) is 25.1 Å². The summed E-state index contributed by atoms with van der Waals surface area (Å²) in [7, 11) is 1.72. The van der Waals surface area contributed by atoms with Crippen LogP contribution < -0.4 is 0 Å². The van der Waals surface area contributed by atoms with Crippen molar-refractivity contribution in [1.29, 1.82) is 0 Å². The van der Waals surface area contributed by atoms with Crippen molar-refractivity contribution in [2.75, 3.05) is 7.05 Å². The van der Waals surface area contributed by atoms with E-state index in [2.05, 4.69) is 15.6 Å². The van der Waals surface area contributed by atoms with Gasteiger partial charge in [0.25, 0.3) is 0 Å². The fraction of sp³-hybridized carbons (Fsp3) is 0.875. The van der Waals surface area contributed by atoms with E-state index in [1.807, 2.05) is 27.7 Å². The Balaban J connectivity index is -0.000000167. The van der Waals surface area contributed by atoms with Gasteiger partial charge in [-0.05, 0) is 0 Å². The molecule has 0 aliphatic carbocycles. The Morgan fingerprint density at radius 2 is 1.21 bits per heavy atom. The molecule has 0 aliphatic heterocycles. The molecule has 0 amide bonds. The molecular weight excluding hydrogens is 441 g/mol. The van der Waals surface area contributed by atoms with Gasteiger partial charge in [0.05, 0.1) is 0 Å². The molecule has 0 rings (SSSR count). The van der Waals surface area contributed by atoms with E-state index in [4.69, 9.17) is 0 Å². The van der Waals surface area contributed by atoms with Crippen molar-refractivity contribution in [3.8, 4) is 0 Å². The van der Waals surface area contributed by atoms with Gasteiger partial charge in [-0.2, -0.15) is 5.96 Å². The summed E-state index contributed by atoms with van der Waals surface area (Å²) in [6, 6.07) is 0.549. The molecule has 0 aromatic rings. The number of hydrogen-bond acceptors (Lipinski definition) is 1. The molecule has 0 atom stereocenters. The summed E-state index contributed by atoms with van der Waals surface area (Å²) in [5.41, 5.74) is 0. The van der Waals surface area contributed by atoms with Crippen LogP contribution in [0, 0.1) is 0 Å². The first-order chi connectivity index (χ1) is 5.06. The van der Waals surface area contributed by atoms with Crippen LogP contribution in [0.1, 0.15) is 27.7 Å². The van der Waals surface area contributed by atoms with Crippen molar-refractivity contribution >= 4 is 5.96 Å². The van der Waals surface area contributed by atoms with Crippen LogP contribution in [0.25, 0.3) is 10.6 Å². The first-order valence-corrected chi connectivity index (χ1v) is 3.94. The number of aliphatic imine (C=N–C) groups is 1. The average molecular weight is 458 g/mol. The minimum Gasteiger partial charge on any atom is -0.555 e. The van der Waals surface area contributed by atoms with Gasteiger partial charge in [-0.1, -0.05) is 46.8 Å². The molecule has 6 heteroatoms. The molecule has 14 heavy (non-hydrogen) atoms. The van der Waals surface area contributed by atoms with Gasteiger partial charge < -0.3 is 15.6 Å². The Morgan fingerprint density at radius 1 is 0.929 bits per heavy atom. The molecule has 0 unspecified atom stereocenters. The molecular formula is C8H17N3Ru3. The Kier molecular flexibility index (Phi) is 24.6. The summed E-state index contributed by atoms with van der Waals surface area (Å²) >= 11 is 0. The topological polar surface area (TPSA) is 40.6 Å². The smallest absolute Gasteiger partial charge is 0.555 e. The van der Waals surface area contributed by atoms with Crippen molar-refractivity contribution in [3.63, 3.8) is 0 Å². The van der Waals surface area contributed by atoms with Crippen molar-refractivity contribution in [1.82, 2.24) is 0 Å². The molecule has 3 nitrogen and oxygen atoms in total. The predicted molar refractivity (Wildman–Crippen MR) is 50.3 cm³/mol. The molecule has 0 fully saturated rings. The number of nitrogens with zero attached hydrogens (tertiary/aromatic N) is 3. The van der Waals surface area contributed by atoms with Crippen LogP contribution in [0.15, 0.2) is 4.99 Å². The quantitative estimate of drug-likeness (QED) is 0.347. The zero-order valence-corrected chi connectivity index (χ0v) is 14.3. The van der Waals surface area contributed by atoms with Crippen LogP contribution in [0.3, 0.4) is 0 Å². The largest absolute Gasteiger partial charge is 1.00 e. The standard InChI is InChI=1S/C8H17N3.3Ru/c1-6(2)10-8(9-5)11-7(3)4;;;/h6-7H,1-5H3;;;/q-2;;2*+1. The van der Waals surface area contributed by atoms with Crippen LogP contribution in [-0.2, 0) is 58.4 Å². The average Bonchev–Trinajstić information content (AvgIpc) is 1.84. The summed E-state index contributed by atoms with van der Waals surface area (Å²) in [5.74, 6) is 0.620. The summed E-state index contributed by atoms with van der Waals surface area (Å²) in [6.07, 6.45) is 0. The molecule has 0 saturated heterocycles. The minimum atomic E-state index is 0. The maximum atomic E-state index is 4.22. The van der Waals surface area contributed by atoms with Crippen molar-refractivity contribution in [3.05, 3.63) is 10.6 Å². The normalized spacial score (nSPS) is 7.93. The van der Waals surface area contributed by atoms with Crippen molar-refractivity contribution < 1.29 is 58.4 Å². The van der Waals surface area contributed by atoms with Gasteiger partial charge in [0.2, 0.25) is 0 Å². The molecule has 0 aromatic heterocycles. The van der Waals surface area contributed by atoms with Gasteiger partial charge in [0, 0.05) is 19.5 Å². The zero-order valence-electron chi connectivity index (χ0n) is 9.06. The fourth-order valence-electron chi connectivity index (χ4n) is 0.611. The number of rotatable bonds is 2. The van der Waals surface area contributed by atoms with E-state index in [9.17, 15) is 0 Å². The summed E-state index contributed by atoms with van der Waals surface area (Å²) < 4.78 is 0. The second-order valence-electron chi connectivity index (χ2n) is 2.97. The van der Waals surface area contributed by atoms with E-state index < -0.39 is 0 Å². The van der Waals surface area contributed by atoms with Gasteiger partial charge in [0.15, 0.2) is 0 Å². The molecule has 0 heterocycles. The molecule has 0 aromatic carbocycles. The molecule has 0 spiro atoms. The van der Waals surface area contributed by atoms with E-state index in [0.29, 0.717) is 5.96 Å². The van der Waals surface area contributed by atoms with Gasteiger partial charge in [-0.3, -0.25) is 0 Å². The van der Waals surface area contributed by atoms with Crippen LogP contribution in [0.5, 0.6) is 0 Å². The van der Waals surface area contributed by atoms with Crippen LogP contribution >= 0.6 is 0 Å². The summed E-state index contributed by atoms with van der Waals surface area (Å²) in [6.45, 7) is 8.06. The predicted octanol–water partition coefficient (Wildman–Crippen LogP) is 2.53. The van der Waals surface area contributed by atoms with E-state index in [1.54, 1.807) is 7.05 Å². The molecule has 0 N–H and O–H groups in total. The van der Waals surface area contributed by atoms with Crippen molar-refractivity contribution in [2.24, 2.45) is 4.99 Å². The third kappa shape index (κ3) is 15.6. The Hall–Kier alpha value is 1.14. The number of hydrogen-bond donors (Lipinski definition) is 0. The van der Waals surface area contributed by atoms with E-state index >= 15 is 0 Å². The molecule has 88 valence electrons. The Bertz CT molecular complexity index is 126. The third-order valence-electron chi connectivity index (χ3n) is 0.947. The van der Waals surface area contributed by atoms with E-state index in [-0.39, 0.29) is 70.5 Å². The SMILES string of the molecule is CN=C([N-]C(C)C)[N-]C(C)C.[Ru+].[Ru+].[Ru]. The summed E-state index contributed by atoms with van der Waals surface area (Å²) in [4.78, 5) is 3.95. The van der Waals surface area contributed by atoms with Gasteiger partial charge in [0.1, 0.15) is 0 Å². The first-order valence-electron chi connectivity index (χ1n) is 3.94. The molecule has 0 bridgehead atoms. The molecule has 2 radical (unpaired) electrons.